The minimum Gasteiger partial charge on any atom is -0.494 e. The highest BCUT2D eigenvalue weighted by Crippen LogP contribution is 2.22. The molecular weight excluding hydrogens is 390 g/mol. The first-order valence-electron chi connectivity index (χ1n) is 9.00. The highest BCUT2D eigenvalue weighted by Gasteiger charge is 2.14. The lowest BCUT2D eigenvalue weighted by atomic mass is 10.3. The SMILES string of the molecule is CCOc1ccc(S(=O)(=O)Nc2ccc(Nc3cc(N(C)C)cnn3)cc2)cc1. The lowest BCUT2D eigenvalue weighted by Gasteiger charge is -2.13. The third-order valence-electron chi connectivity index (χ3n) is 4.01. The second-order valence-electron chi connectivity index (χ2n) is 6.41. The van der Waals surface area contributed by atoms with Gasteiger partial charge in [-0.15, -0.1) is 5.10 Å². The van der Waals surface area contributed by atoms with Crippen LogP contribution in [0.3, 0.4) is 0 Å². The maximum Gasteiger partial charge on any atom is 0.261 e. The number of nitrogens with one attached hydrogen (secondary N) is 2. The van der Waals surface area contributed by atoms with Crippen LogP contribution in [0.2, 0.25) is 0 Å². The van der Waals surface area contributed by atoms with Crippen LogP contribution in [0.4, 0.5) is 22.9 Å². The molecule has 2 aromatic carbocycles. The molecule has 0 aliphatic carbocycles. The Kier molecular flexibility index (Phi) is 6.18. The van der Waals surface area contributed by atoms with Crippen molar-refractivity contribution in [1.82, 2.24) is 10.2 Å². The van der Waals surface area contributed by atoms with Crippen molar-refractivity contribution in [3.63, 3.8) is 0 Å². The van der Waals surface area contributed by atoms with Crippen molar-refractivity contribution < 1.29 is 13.2 Å². The van der Waals surface area contributed by atoms with Gasteiger partial charge in [0.15, 0.2) is 5.82 Å². The Labute approximate surface area is 170 Å². The molecule has 29 heavy (non-hydrogen) atoms. The Morgan fingerprint density at radius 2 is 1.66 bits per heavy atom. The van der Waals surface area contributed by atoms with Crippen LogP contribution in [0.1, 0.15) is 6.92 Å². The molecule has 0 radical (unpaired) electrons. The van der Waals surface area contributed by atoms with Gasteiger partial charge in [-0.05, 0) is 55.5 Å². The van der Waals surface area contributed by atoms with E-state index in [1.54, 1.807) is 42.6 Å². The predicted molar refractivity (Wildman–Crippen MR) is 115 cm³/mol. The van der Waals surface area contributed by atoms with E-state index < -0.39 is 10.0 Å². The summed E-state index contributed by atoms with van der Waals surface area (Å²) in [5, 5.41) is 11.2. The van der Waals surface area contributed by atoms with Gasteiger partial charge in [0.05, 0.1) is 23.4 Å². The van der Waals surface area contributed by atoms with Gasteiger partial charge >= 0.3 is 0 Å². The molecule has 1 heterocycles. The molecule has 0 amide bonds. The molecule has 0 unspecified atom stereocenters. The van der Waals surface area contributed by atoms with Crippen molar-refractivity contribution in [2.75, 3.05) is 35.6 Å². The molecular formula is C20H23N5O3S. The first-order chi connectivity index (χ1) is 13.9. The minimum absolute atomic E-state index is 0.166. The Bertz CT molecular complexity index is 1050. The number of rotatable bonds is 8. The average molecular weight is 414 g/mol. The maximum atomic E-state index is 12.6. The lowest BCUT2D eigenvalue weighted by molar-refractivity contribution is 0.340. The molecule has 0 fully saturated rings. The highest BCUT2D eigenvalue weighted by molar-refractivity contribution is 7.92. The summed E-state index contributed by atoms with van der Waals surface area (Å²) in [6, 6.07) is 15.0. The van der Waals surface area contributed by atoms with E-state index in [9.17, 15) is 8.42 Å². The van der Waals surface area contributed by atoms with E-state index in [1.807, 2.05) is 32.0 Å². The summed E-state index contributed by atoms with van der Waals surface area (Å²) < 4.78 is 33.0. The van der Waals surface area contributed by atoms with Gasteiger partial charge in [0.1, 0.15) is 5.75 Å². The van der Waals surface area contributed by atoms with Crippen LogP contribution in [0.15, 0.2) is 65.7 Å². The number of hydrogen-bond donors (Lipinski definition) is 2. The summed E-state index contributed by atoms with van der Waals surface area (Å²) in [5.74, 6) is 1.22. The van der Waals surface area contributed by atoms with Crippen molar-refractivity contribution in [2.24, 2.45) is 0 Å². The molecule has 3 aromatic rings. The zero-order valence-electron chi connectivity index (χ0n) is 16.5. The molecule has 3 rings (SSSR count). The normalized spacial score (nSPS) is 11.0. The molecule has 8 nitrogen and oxygen atoms in total. The lowest BCUT2D eigenvalue weighted by Crippen LogP contribution is -2.12. The van der Waals surface area contributed by atoms with E-state index in [-0.39, 0.29) is 4.90 Å². The molecule has 0 saturated carbocycles. The summed E-state index contributed by atoms with van der Waals surface area (Å²) in [6.45, 7) is 2.39. The van der Waals surface area contributed by atoms with E-state index in [0.717, 1.165) is 11.4 Å². The fourth-order valence-electron chi connectivity index (χ4n) is 2.53. The molecule has 2 N–H and O–H groups in total. The monoisotopic (exact) mass is 413 g/mol. The topological polar surface area (TPSA) is 96.5 Å². The second kappa shape index (κ2) is 8.78. The van der Waals surface area contributed by atoms with Gasteiger partial charge in [-0.3, -0.25) is 4.72 Å². The summed E-state index contributed by atoms with van der Waals surface area (Å²) in [4.78, 5) is 2.09. The fourth-order valence-corrected chi connectivity index (χ4v) is 3.59. The number of sulfonamides is 1. The van der Waals surface area contributed by atoms with Crippen molar-refractivity contribution in [1.29, 1.82) is 0 Å². The van der Waals surface area contributed by atoms with Gasteiger partial charge in [-0.1, -0.05) is 0 Å². The molecule has 152 valence electrons. The van der Waals surface area contributed by atoms with E-state index >= 15 is 0 Å². The first kappa shape index (κ1) is 20.4. The molecule has 0 aliphatic heterocycles. The zero-order chi connectivity index (χ0) is 20.9. The van der Waals surface area contributed by atoms with Gasteiger partial charge in [0.2, 0.25) is 0 Å². The number of ether oxygens (including phenoxy) is 1. The molecule has 0 saturated heterocycles. The Morgan fingerprint density at radius 3 is 2.28 bits per heavy atom. The summed E-state index contributed by atoms with van der Waals surface area (Å²) >= 11 is 0. The number of hydrogen-bond acceptors (Lipinski definition) is 7. The predicted octanol–water partition coefficient (Wildman–Crippen LogP) is 3.49. The first-order valence-corrected chi connectivity index (χ1v) is 10.5. The maximum absolute atomic E-state index is 12.6. The summed E-state index contributed by atoms with van der Waals surface area (Å²) in [5.41, 5.74) is 2.14. The average Bonchev–Trinajstić information content (AvgIpc) is 2.70. The van der Waals surface area contributed by atoms with Crippen LogP contribution in [-0.4, -0.2) is 39.3 Å². The van der Waals surface area contributed by atoms with Gasteiger partial charge < -0.3 is 15.0 Å². The van der Waals surface area contributed by atoms with Crippen LogP contribution < -0.4 is 19.7 Å². The van der Waals surface area contributed by atoms with Crippen molar-refractivity contribution in [3.8, 4) is 5.75 Å². The van der Waals surface area contributed by atoms with Gasteiger partial charge in [0, 0.05) is 31.5 Å². The Hall–Kier alpha value is -3.33. The fraction of sp³-hybridized carbons (Fsp3) is 0.200. The number of aromatic nitrogens is 2. The van der Waals surface area contributed by atoms with E-state index in [2.05, 4.69) is 20.2 Å². The van der Waals surface area contributed by atoms with Gasteiger partial charge in [0.25, 0.3) is 10.0 Å². The zero-order valence-corrected chi connectivity index (χ0v) is 17.3. The Morgan fingerprint density at radius 1 is 1.00 bits per heavy atom. The van der Waals surface area contributed by atoms with Crippen LogP contribution in [-0.2, 0) is 10.0 Å². The standard InChI is InChI=1S/C20H23N5O3S/c1-4-28-18-9-11-19(12-10-18)29(26,27)24-16-7-5-15(6-8-16)22-20-13-17(25(2)3)14-21-23-20/h5-14,24H,4H2,1-3H3,(H,22,23). The highest BCUT2D eigenvalue weighted by atomic mass is 32.2. The number of anilines is 4. The van der Waals surface area contributed by atoms with E-state index in [4.69, 9.17) is 4.74 Å². The van der Waals surface area contributed by atoms with Crippen LogP contribution in [0.5, 0.6) is 5.75 Å². The molecule has 1 aromatic heterocycles. The largest absolute Gasteiger partial charge is 0.494 e. The van der Waals surface area contributed by atoms with Gasteiger partial charge in [-0.25, -0.2) is 8.42 Å². The quantitative estimate of drug-likeness (QED) is 0.583. The van der Waals surface area contributed by atoms with E-state index in [1.165, 1.54) is 12.1 Å². The molecule has 0 atom stereocenters. The number of benzene rings is 2. The molecule has 0 aliphatic rings. The number of nitrogens with zero attached hydrogens (tertiary/aromatic N) is 3. The van der Waals surface area contributed by atoms with Crippen LogP contribution >= 0.6 is 0 Å². The molecule has 9 heteroatoms. The van der Waals surface area contributed by atoms with E-state index in [0.29, 0.717) is 23.9 Å². The molecule has 0 bridgehead atoms. The molecule has 0 spiro atoms. The minimum atomic E-state index is -3.69. The van der Waals surface area contributed by atoms with Crippen molar-refractivity contribution in [2.45, 2.75) is 11.8 Å². The van der Waals surface area contributed by atoms with Gasteiger partial charge in [-0.2, -0.15) is 5.10 Å². The summed E-state index contributed by atoms with van der Waals surface area (Å²) in [7, 11) is 0.160. The van der Waals surface area contributed by atoms with Crippen molar-refractivity contribution >= 4 is 32.9 Å². The summed E-state index contributed by atoms with van der Waals surface area (Å²) in [6.07, 6.45) is 1.67. The Balaban J connectivity index is 1.69. The smallest absolute Gasteiger partial charge is 0.261 e. The third-order valence-corrected chi connectivity index (χ3v) is 5.41. The van der Waals surface area contributed by atoms with Crippen molar-refractivity contribution in [3.05, 3.63) is 60.8 Å². The third kappa shape index (κ3) is 5.35. The second-order valence-corrected chi connectivity index (χ2v) is 8.09. The van der Waals surface area contributed by atoms with Crippen LogP contribution in [0, 0.1) is 0 Å². The van der Waals surface area contributed by atoms with Crippen LogP contribution in [0.25, 0.3) is 0 Å².